The molecule has 2 heterocycles. The van der Waals surface area contributed by atoms with Gasteiger partial charge in [-0.15, -0.1) is 23.1 Å². The molecule has 166 valence electrons. The summed E-state index contributed by atoms with van der Waals surface area (Å²) in [5.74, 6) is 1.84. The molecule has 0 bridgehead atoms. The predicted octanol–water partition coefficient (Wildman–Crippen LogP) is 4.70. The van der Waals surface area contributed by atoms with Crippen LogP contribution in [0.1, 0.15) is 28.8 Å². The van der Waals surface area contributed by atoms with Gasteiger partial charge in [0.05, 0.1) is 23.5 Å². The first-order valence-corrected chi connectivity index (χ1v) is 12.2. The van der Waals surface area contributed by atoms with E-state index in [9.17, 15) is 9.59 Å². The van der Waals surface area contributed by atoms with Gasteiger partial charge in [0.15, 0.2) is 0 Å². The Morgan fingerprint density at radius 3 is 2.75 bits per heavy atom. The number of carbonyl (C=O) groups excluding carboxylic acids is 1. The average Bonchev–Trinajstić information content (AvgIpc) is 3.08. The van der Waals surface area contributed by atoms with E-state index in [0.29, 0.717) is 23.5 Å². The second-order valence-electron chi connectivity index (χ2n) is 7.69. The SMILES string of the molecule is COc1ccc2cc(CNC(=O)C(C)SCc3nc4sc(C)c(C)c4c(=O)[nH]3)ccc2c1. The lowest BCUT2D eigenvalue weighted by Gasteiger charge is -2.12. The Balaban J connectivity index is 1.35. The minimum absolute atomic E-state index is 0.0453. The van der Waals surface area contributed by atoms with Gasteiger partial charge in [0, 0.05) is 11.4 Å². The monoisotopic (exact) mass is 467 g/mol. The first-order chi connectivity index (χ1) is 15.4. The summed E-state index contributed by atoms with van der Waals surface area (Å²) < 4.78 is 5.26. The van der Waals surface area contributed by atoms with E-state index in [-0.39, 0.29) is 16.7 Å². The highest BCUT2D eigenvalue weighted by molar-refractivity contribution is 7.99. The highest BCUT2D eigenvalue weighted by atomic mass is 32.2. The van der Waals surface area contributed by atoms with E-state index in [1.54, 1.807) is 7.11 Å². The molecule has 0 aliphatic carbocycles. The van der Waals surface area contributed by atoms with Gasteiger partial charge in [0.1, 0.15) is 16.4 Å². The Kier molecular flexibility index (Phi) is 6.53. The van der Waals surface area contributed by atoms with Crippen LogP contribution in [0.3, 0.4) is 0 Å². The number of benzene rings is 2. The van der Waals surface area contributed by atoms with Crippen molar-refractivity contribution in [2.45, 2.75) is 38.3 Å². The van der Waals surface area contributed by atoms with Gasteiger partial charge in [-0.1, -0.05) is 18.2 Å². The van der Waals surface area contributed by atoms with Gasteiger partial charge in [-0.3, -0.25) is 9.59 Å². The van der Waals surface area contributed by atoms with Crippen molar-refractivity contribution >= 4 is 50.0 Å². The molecule has 0 aliphatic rings. The molecule has 0 radical (unpaired) electrons. The van der Waals surface area contributed by atoms with Crippen molar-refractivity contribution in [3.05, 3.63) is 68.6 Å². The van der Waals surface area contributed by atoms with Crippen molar-refractivity contribution in [1.29, 1.82) is 0 Å². The lowest BCUT2D eigenvalue weighted by Crippen LogP contribution is -2.30. The Morgan fingerprint density at radius 2 is 1.97 bits per heavy atom. The van der Waals surface area contributed by atoms with E-state index in [4.69, 9.17) is 4.74 Å². The zero-order valence-electron chi connectivity index (χ0n) is 18.4. The standard InChI is InChI=1S/C24H25N3O3S2/c1-13-14(2)32-24-21(13)23(29)26-20(27-24)12-31-15(3)22(28)25-11-16-5-6-18-10-19(30-4)8-7-17(18)9-16/h5-10,15H,11-12H2,1-4H3,(H,25,28)(H,26,27,29). The molecule has 32 heavy (non-hydrogen) atoms. The van der Waals surface area contributed by atoms with Gasteiger partial charge < -0.3 is 15.0 Å². The van der Waals surface area contributed by atoms with Crippen LogP contribution in [0.5, 0.6) is 5.75 Å². The fourth-order valence-corrected chi connectivity index (χ4v) is 5.32. The van der Waals surface area contributed by atoms with E-state index in [2.05, 4.69) is 21.4 Å². The minimum atomic E-state index is -0.271. The van der Waals surface area contributed by atoms with Crippen molar-refractivity contribution in [3.63, 3.8) is 0 Å². The summed E-state index contributed by atoms with van der Waals surface area (Å²) in [5.41, 5.74) is 1.91. The van der Waals surface area contributed by atoms with Gasteiger partial charge in [-0.2, -0.15) is 0 Å². The fraction of sp³-hybridized carbons (Fsp3) is 0.292. The molecule has 1 amide bonds. The predicted molar refractivity (Wildman–Crippen MR) is 133 cm³/mol. The lowest BCUT2D eigenvalue weighted by molar-refractivity contribution is -0.120. The number of hydrogen-bond acceptors (Lipinski definition) is 6. The number of methoxy groups -OCH3 is 1. The summed E-state index contributed by atoms with van der Waals surface area (Å²) in [6.45, 7) is 6.26. The van der Waals surface area contributed by atoms with Crippen LogP contribution in [-0.2, 0) is 17.1 Å². The molecular formula is C24H25N3O3S2. The van der Waals surface area contributed by atoms with Crippen molar-refractivity contribution in [2.75, 3.05) is 7.11 Å². The number of fused-ring (bicyclic) bond motifs is 2. The van der Waals surface area contributed by atoms with Crippen molar-refractivity contribution < 1.29 is 9.53 Å². The molecule has 4 rings (SSSR count). The number of nitrogens with one attached hydrogen (secondary N) is 2. The van der Waals surface area contributed by atoms with Crippen LogP contribution in [0.2, 0.25) is 0 Å². The maximum atomic E-state index is 12.6. The van der Waals surface area contributed by atoms with E-state index in [1.165, 1.54) is 23.1 Å². The second-order valence-corrected chi connectivity index (χ2v) is 10.2. The maximum absolute atomic E-state index is 12.6. The summed E-state index contributed by atoms with van der Waals surface area (Å²) in [7, 11) is 1.65. The molecule has 0 spiro atoms. The van der Waals surface area contributed by atoms with Crippen LogP contribution in [0.4, 0.5) is 0 Å². The number of H-pyrrole nitrogens is 1. The Hall–Kier alpha value is -2.84. The Morgan fingerprint density at radius 1 is 1.22 bits per heavy atom. The van der Waals surface area contributed by atoms with Gasteiger partial charge in [0.2, 0.25) is 5.91 Å². The van der Waals surface area contributed by atoms with Crippen LogP contribution in [0.15, 0.2) is 41.2 Å². The number of thiophene rings is 1. The van der Waals surface area contributed by atoms with Gasteiger partial charge in [0.25, 0.3) is 5.56 Å². The molecule has 1 atom stereocenters. The van der Waals surface area contributed by atoms with Crippen molar-refractivity contribution in [3.8, 4) is 5.75 Å². The Bertz CT molecular complexity index is 1360. The molecule has 8 heteroatoms. The molecule has 0 saturated heterocycles. The molecule has 2 aromatic carbocycles. The highest BCUT2D eigenvalue weighted by Gasteiger charge is 2.16. The Labute approximate surface area is 194 Å². The van der Waals surface area contributed by atoms with Gasteiger partial charge in [-0.25, -0.2) is 4.98 Å². The smallest absolute Gasteiger partial charge is 0.259 e. The molecule has 0 aliphatic heterocycles. The lowest BCUT2D eigenvalue weighted by atomic mass is 10.1. The van der Waals surface area contributed by atoms with Gasteiger partial charge >= 0.3 is 0 Å². The first-order valence-electron chi connectivity index (χ1n) is 10.3. The molecule has 2 N–H and O–H groups in total. The zero-order chi connectivity index (χ0) is 22.8. The third kappa shape index (κ3) is 4.66. The molecule has 6 nitrogen and oxygen atoms in total. The van der Waals surface area contributed by atoms with E-state index in [0.717, 1.165) is 37.4 Å². The third-order valence-corrected chi connectivity index (χ3v) is 7.76. The number of ether oxygens (including phenoxy) is 1. The number of rotatable bonds is 7. The van der Waals surface area contributed by atoms with Crippen LogP contribution in [0.25, 0.3) is 21.0 Å². The molecule has 2 aromatic heterocycles. The minimum Gasteiger partial charge on any atom is -0.497 e. The third-order valence-electron chi connectivity index (χ3n) is 5.51. The molecule has 4 aromatic rings. The van der Waals surface area contributed by atoms with Crippen LogP contribution in [0, 0.1) is 13.8 Å². The van der Waals surface area contributed by atoms with E-state index >= 15 is 0 Å². The summed E-state index contributed by atoms with van der Waals surface area (Å²) in [6.07, 6.45) is 0. The molecule has 0 fully saturated rings. The van der Waals surface area contributed by atoms with Crippen molar-refractivity contribution in [1.82, 2.24) is 15.3 Å². The number of aromatic nitrogens is 2. The molecule has 1 unspecified atom stereocenters. The number of aromatic amines is 1. The number of aryl methyl sites for hydroxylation is 2. The average molecular weight is 468 g/mol. The topological polar surface area (TPSA) is 84.1 Å². The number of carbonyl (C=O) groups is 1. The van der Waals surface area contributed by atoms with Crippen LogP contribution in [-0.4, -0.2) is 28.2 Å². The van der Waals surface area contributed by atoms with E-state index in [1.807, 2.05) is 51.1 Å². The zero-order valence-corrected chi connectivity index (χ0v) is 20.1. The number of thioether (sulfide) groups is 1. The highest BCUT2D eigenvalue weighted by Crippen LogP contribution is 2.26. The number of amides is 1. The second kappa shape index (κ2) is 9.34. The quantitative estimate of drug-likeness (QED) is 0.412. The fourth-order valence-electron chi connectivity index (χ4n) is 3.49. The number of hydrogen-bond donors (Lipinski definition) is 2. The summed E-state index contributed by atoms with van der Waals surface area (Å²) in [4.78, 5) is 34.3. The first kappa shape index (κ1) is 22.4. The summed E-state index contributed by atoms with van der Waals surface area (Å²) in [5, 5.41) is 5.59. The maximum Gasteiger partial charge on any atom is 0.259 e. The van der Waals surface area contributed by atoms with Crippen molar-refractivity contribution in [2.24, 2.45) is 0 Å². The van der Waals surface area contributed by atoms with Crippen LogP contribution < -0.4 is 15.6 Å². The largest absolute Gasteiger partial charge is 0.497 e. The molecule has 0 saturated carbocycles. The summed E-state index contributed by atoms with van der Waals surface area (Å²) >= 11 is 2.98. The number of nitrogens with zero attached hydrogens (tertiary/aromatic N) is 1. The summed E-state index contributed by atoms with van der Waals surface area (Å²) in [6, 6.07) is 12.0. The molecular weight excluding hydrogens is 442 g/mol. The van der Waals surface area contributed by atoms with E-state index < -0.39 is 0 Å². The van der Waals surface area contributed by atoms with Crippen LogP contribution >= 0.6 is 23.1 Å². The van der Waals surface area contributed by atoms with Gasteiger partial charge in [-0.05, 0) is 60.9 Å². The normalized spacial score (nSPS) is 12.2.